The summed E-state index contributed by atoms with van der Waals surface area (Å²) in [7, 11) is 0. The van der Waals surface area contributed by atoms with Crippen LogP contribution in [0.25, 0.3) is 0 Å². The second-order valence-electron chi connectivity index (χ2n) is 11.6. The number of nitrogens with one attached hydrogen (secondary N) is 1. The molecular formula is C36H67NO3. The van der Waals surface area contributed by atoms with E-state index in [1.165, 1.54) is 103 Å². The smallest absolute Gasteiger partial charge is 0.220 e. The van der Waals surface area contributed by atoms with Crippen LogP contribution >= 0.6 is 0 Å². The number of amides is 1. The Kier molecular flexibility index (Phi) is 31.0. The zero-order valence-electron chi connectivity index (χ0n) is 26.6. The average Bonchev–Trinajstić information content (AvgIpc) is 2.95. The molecule has 0 aromatic heterocycles. The van der Waals surface area contributed by atoms with Gasteiger partial charge in [-0.3, -0.25) is 4.79 Å². The Balaban J connectivity index is 3.53. The molecule has 0 fully saturated rings. The molecule has 234 valence electrons. The van der Waals surface area contributed by atoms with E-state index >= 15 is 0 Å². The number of carbonyl (C=O) groups excluding carboxylic acids is 1. The summed E-state index contributed by atoms with van der Waals surface area (Å²) in [5.41, 5.74) is 0. The molecule has 0 spiro atoms. The summed E-state index contributed by atoms with van der Waals surface area (Å²) in [4.78, 5) is 11.9. The van der Waals surface area contributed by atoms with Crippen molar-refractivity contribution in [2.45, 2.75) is 180 Å². The molecule has 0 aliphatic rings. The van der Waals surface area contributed by atoms with Gasteiger partial charge in [-0.1, -0.05) is 153 Å². The standard InChI is InChI=1S/C36H67NO3/c1-3-5-7-8-9-10-11-12-13-14-15-16-17-18-19-20-21-22-23-24-25-26-27-28-30-31-35(39)34(33-38)37-36(40)32-29-6-4-2/h21-22,25-26,30-31,34-35,38-39H,3-20,23-24,27-29,32-33H2,1-2H3,(H,37,40)/b22-21+,26-25+,31-30+. The lowest BCUT2D eigenvalue weighted by atomic mass is 10.0. The van der Waals surface area contributed by atoms with Gasteiger partial charge in [-0.15, -0.1) is 0 Å². The molecule has 0 saturated carbocycles. The monoisotopic (exact) mass is 562 g/mol. The highest BCUT2D eigenvalue weighted by Gasteiger charge is 2.17. The topological polar surface area (TPSA) is 69.6 Å². The van der Waals surface area contributed by atoms with Crippen molar-refractivity contribution < 1.29 is 15.0 Å². The molecule has 0 aromatic rings. The van der Waals surface area contributed by atoms with E-state index in [1.54, 1.807) is 6.08 Å². The highest BCUT2D eigenvalue weighted by Crippen LogP contribution is 2.14. The average molecular weight is 562 g/mol. The van der Waals surface area contributed by atoms with Crippen molar-refractivity contribution in [3.05, 3.63) is 36.5 Å². The molecule has 0 bridgehead atoms. The predicted molar refractivity (Wildman–Crippen MR) is 175 cm³/mol. The van der Waals surface area contributed by atoms with Crippen LogP contribution in [-0.4, -0.2) is 34.9 Å². The SMILES string of the molecule is CCCCCCCCCCCCCCCCC/C=C/CC/C=C/CC/C=C/C(O)C(CO)NC(=O)CCCCC. The number of carbonyl (C=O) groups is 1. The van der Waals surface area contributed by atoms with Gasteiger partial charge in [0.2, 0.25) is 5.91 Å². The van der Waals surface area contributed by atoms with Crippen molar-refractivity contribution in [1.82, 2.24) is 5.32 Å². The Bertz CT molecular complexity index is 613. The third-order valence-corrected chi connectivity index (χ3v) is 7.60. The van der Waals surface area contributed by atoms with Gasteiger partial charge in [0, 0.05) is 6.42 Å². The van der Waals surface area contributed by atoms with Gasteiger partial charge < -0.3 is 15.5 Å². The molecular weight excluding hydrogens is 494 g/mol. The summed E-state index contributed by atoms with van der Waals surface area (Å²) in [5.74, 6) is -0.105. The molecule has 0 rings (SSSR count). The van der Waals surface area contributed by atoms with Crippen LogP contribution in [-0.2, 0) is 4.79 Å². The van der Waals surface area contributed by atoms with Crippen LogP contribution in [0.5, 0.6) is 0 Å². The highest BCUT2D eigenvalue weighted by molar-refractivity contribution is 5.76. The van der Waals surface area contributed by atoms with E-state index in [0.717, 1.165) is 44.9 Å². The first-order chi connectivity index (χ1) is 19.7. The van der Waals surface area contributed by atoms with Crippen molar-refractivity contribution in [1.29, 1.82) is 0 Å². The maximum Gasteiger partial charge on any atom is 0.220 e. The summed E-state index contributed by atoms with van der Waals surface area (Å²) in [6.07, 6.45) is 41.6. The van der Waals surface area contributed by atoms with Crippen LogP contribution in [0.3, 0.4) is 0 Å². The molecule has 4 nitrogen and oxygen atoms in total. The van der Waals surface area contributed by atoms with Crippen LogP contribution in [0.2, 0.25) is 0 Å². The van der Waals surface area contributed by atoms with Gasteiger partial charge in [0.25, 0.3) is 0 Å². The van der Waals surface area contributed by atoms with E-state index in [9.17, 15) is 15.0 Å². The number of aliphatic hydroxyl groups is 2. The fourth-order valence-electron chi connectivity index (χ4n) is 4.91. The van der Waals surface area contributed by atoms with Crippen LogP contribution in [0.1, 0.15) is 168 Å². The van der Waals surface area contributed by atoms with Crippen LogP contribution in [0.4, 0.5) is 0 Å². The van der Waals surface area contributed by atoms with Gasteiger partial charge in [-0.2, -0.15) is 0 Å². The molecule has 2 unspecified atom stereocenters. The maximum absolute atomic E-state index is 11.9. The lowest BCUT2D eigenvalue weighted by Gasteiger charge is -2.19. The van der Waals surface area contributed by atoms with E-state index in [0.29, 0.717) is 6.42 Å². The Morgan fingerprint density at radius 2 is 0.975 bits per heavy atom. The van der Waals surface area contributed by atoms with E-state index in [1.807, 2.05) is 6.08 Å². The Labute approximate surface area is 249 Å². The Morgan fingerprint density at radius 3 is 1.45 bits per heavy atom. The zero-order valence-corrected chi connectivity index (χ0v) is 26.6. The molecule has 2 atom stereocenters. The van der Waals surface area contributed by atoms with Crippen LogP contribution < -0.4 is 5.32 Å². The number of hydrogen-bond acceptors (Lipinski definition) is 3. The minimum absolute atomic E-state index is 0.105. The first-order valence-corrected chi connectivity index (χ1v) is 17.2. The minimum atomic E-state index is -0.862. The second kappa shape index (κ2) is 32.1. The molecule has 1 amide bonds. The quantitative estimate of drug-likeness (QED) is 0.0603. The van der Waals surface area contributed by atoms with Crippen molar-refractivity contribution >= 4 is 5.91 Å². The van der Waals surface area contributed by atoms with Crippen molar-refractivity contribution in [3.8, 4) is 0 Å². The minimum Gasteiger partial charge on any atom is -0.394 e. The maximum atomic E-state index is 11.9. The Morgan fingerprint density at radius 1 is 0.575 bits per heavy atom. The van der Waals surface area contributed by atoms with E-state index in [2.05, 4.69) is 43.5 Å². The predicted octanol–water partition coefficient (Wildman–Crippen LogP) is 9.90. The molecule has 0 aliphatic heterocycles. The molecule has 3 N–H and O–H groups in total. The van der Waals surface area contributed by atoms with Gasteiger partial charge in [0.1, 0.15) is 0 Å². The molecule has 40 heavy (non-hydrogen) atoms. The lowest BCUT2D eigenvalue weighted by Crippen LogP contribution is -2.45. The van der Waals surface area contributed by atoms with Gasteiger partial charge in [-0.25, -0.2) is 0 Å². The lowest BCUT2D eigenvalue weighted by molar-refractivity contribution is -0.123. The van der Waals surface area contributed by atoms with Crippen LogP contribution in [0.15, 0.2) is 36.5 Å². The number of allylic oxidation sites excluding steroid dienone is 5. The number of aliphatic hydroxyl groups excluding tert-OH is 2. The molecule has 0 aliphatic carbocycles. The molecule has 0 radical (unpaired) electrons. The van der Waals surface area contributed by atoms with E-state index in [-0.39, 0.29) is 12.5 Å². The molecule has 0 saturated heterocycles. The highest BCUT2D eigenvalue weighted by atomic mass is 16.3. The summed E-state index contributed by atoms with van der Waals surface area (Å²) in [6, 6.07) is -0.637. The second-order valence-corrected chi connectivity index (χ2v) is 11.6. The zero-order chi connectivity index (χ0) is 29.4. The van der Waals surface area contributed by atoms with E-state index in [4.69, 9.17) is 0 Å². The van der Waals surface area contributed by atoms with Gasteiger partial charge in [-0.05, 0) is 44.9 Å². The van der Waals surface area contributed by atoms with E-state index < -0.39 is 12.1 Å². The van der Waals surface area contributed by atoms with Gasteiger partial charge in [0.05, 0.1) is 18.8 Å². The third-order valence-electron chi connectivity index (χ3n) is 7.60. The van der Waals surface area contributed by atoms with Gasteiger partial charge in [0.15, 0.2) is 0 Å². The van der Waals surface area contributed by atoms with Crippen molar-refractivity contribution in [3.63, 3.8) is 0 Å². The van der Waals surface area contributed by atoms with Gasteiger partial charge >= 0.3 is 0 Å². The summed E-state index contributed by atoms with van der Waals surface area (Å²) < 4.78 is 0. The third kappa shape index (κ3) is 28.1. The fraction of sp³-hybridized carbons (Fsp3) is 0.806. The molecule has 0 heterocycles. The molecule has 4 heteroatoms. The normalized spacial score (nSPS) is 13.6. The number of rotatable bonds is 30. The molecule has 0 aromatic carbocycles. The summed E-state index contributed by atoms with van der Waals surface area (Å²) in [5, 5.41) is 22.4. The Hall–Kier alpha value is -1.39. The van der Waals surface area contributed by atoms with Crippen molar-refractivity contribution in [2.75, 3.05) is 6.61 Å². The number of hydrogen-bond donors (Lipinski definition) is 3. The van der Waals surface area contributed by atoms with Crippen LogP contribution in [0, 0.1) is 0 Å². The largest absolute Gasteiger partial charge is 0.394 e. The first kappa shape index (κ1) is 38.6. The summed E-state index contributed by atoms with van der Waals surface area (Å²) in [6.45, 7) is 4.12. The first-order valence-electron chi connectivity index (χ1n) is 17.2. The summed E-state index contributed by atoms with van der Waals surface area (Å²) >= 11 is 0. The fourth-order valence-corrected chi connectivity index (χ4v) is 4.91. The van der Waals surface area contributed by atoms with Crippen molar-refractivity contribution in [2.24, 2.45) is 0 Å². The number of unbranched alkanes of at least 4 members (excludes halogenated alkanes) is 19.